The van der Waals surface area contributed by atoms with Gasteiger partial charge in [0.25, 0.3) is 5.56 Å². The Bertz CT molecular complexity index is 1620. The van der Waals surface area contributed by atoms with Crippen molar-refractivity contribution in [2.75, 3.05) is 11.5 Å². The van der Waals surface area contributed by atoms with Crippen molar-refractivity contribution in [3.05, 3.63) is 101 Å². The van der Waals surface area contributed by atoms with E-state index in [1.807, 2.05) is 61.5 Å². The van der Waals surface area contributed by atoms with E-state index in [0.29, 0.717) is 11.2 Å². The molecule has 5 rings (SSSR count). The van der Waals surface area contributed by atoms with Gasteiger partial charge in [0.15, 0.2) is 0 Å². The Balaban J connectivity index is 0.000000256. The quantitative estimate of drug-likeness (QED) is 0.399. The first-order valence-electron chi connectivity index (χ1n) is 11.2. The standard InChI is InChI=1S/C22H19N3O.C5H5N5/c1-3-18-12-16-8-7-11-20(17-13-23-15(2)24-14-17)21(16)22(26)25(18)19-9-5-4-6-10-19;6-1-3-2-9-5(8)10-4(3)7/h4-14H,3H2,1-2H3;2H,(H4,7,8,9,10). The Morgan fingerprint density at radius 3 is 2.33 bits per heavy atom. The molecule has 0 aliphatic rings. The number of nitriles is 1. The number of nitrogen functional groups attached to an aromatic ring is 2. The number of aromatic nitrogens is 5. The molecule has 0 aliphatic heterocycles. The Morgan fingerprint density at radius 1 is 0.972 bits per heavy atom. The largest absolute Gasteiger partial charge is 0.382 e. The normalized spacial score (nSPS) is 10.4. The lowest BCUT2D eigenvalue weighted by Gasteiger charge is -2.15. The summed E-state index contributed by atoms with van der Waals surface area (Å²) in [5, 5.41) is 10.00. The number of rotatable bonds is 3. The van der Waals surface area contributed by atoms with Crippen LogP contribution >= 0.6 is 0 Å². The molecule has 5 aromatic rings. The third-order valence-corrected chi connectivity index (χ3v) is 5.55. The first kappa shape index (κ1) is 24.0. The highest BCUT2D eigenvalue weighted by Crippen LogP contribution is 2.27. The molecule has 0 saturated heterocycles. The van der Waals surface area contributed by atoms with Crippen LogP contribution in [0, 0.1) is 18.3 Å². The maximum Gasteiger partial charge on any atom is 0.263 e. The summed E-state index contributed by atoms with van der Waals surface area (Å²) in [6.45, 7) is 3.92. The van der Waals surface area contributed by atoms with E-state index in [2.05, 4.69) is 32.9 Å². The van der Waals surface area contributed by atoms with Crippen molar-refractivity contribution in [2.45, 2.75) is 20.3 Å². The van der Waals surface area contributed by atoms with Gasteiger partial charge in [-0.25, -0.2) is 15.0 Å². The molecular weight excluding hydrogens is 452 g/mol. The third kappa shape index (κ3) is 4.88. The number of para-hydroxylation sites is 1. The average molecular weight is 477 g/mol. The Hall–Kier alpha value is -5.10. The van der Waals surface area contributed by atoms with E-state index in [9.17, 15) is 4.79 Å². The highest BCUT2D eigenvalue weighted by atomic mass is 16.1. The average Bonchev–Trinajstić information content (AvgIpc) is 2.89. The lowest BCUT2D eigenvalue weighted by molar-refractivity contribution is 0.889. The fourth-order valence-electron chi connectivity index (χ4n) is 3.80. The van der Waals surface area contributed by atoms with Crippen LogP contribution in [0.2, 0.25) is 0 Å². The second-order valence-electron chi connectivity index (χ2n) is 7.89. The molecule has 0 aliphatic carbocycles. The second-order valence-corrected chi connectivity index (χ2v) is 7.89. The van der Waals surface area contributed by atoms with Crippen molar-refractivity contribution in [1.82, 2.24) is 24.5 Å². The van der Waals surface area contributed by atoms with Crippen LogP contribution in [0.1, 0.15) is 24.0 Å². The van der Waals surface area contributed by atoms with Gasteiger partial charge >= 0.3 is 0 Å². The lowest BCUT2D eigenvalue weighted by Crippen LogP contribution is -2.22. The molecule has 0 radical (unpaired) electrons. The van der Waals surface area contributed by atoms with Crippen molar-refractivity contribution < 1.29 is 0 Å². The Morgan fingerprint density at radius 2 is 1.69 bits per heavy atom. The van der Waals surface area contributed by atoms with Gasteiger partial charge in [-0.1, -0.05) is 43.3 Å². The van der Waals surface area contributed by atoms with Crippen LogP contribution in [-0.4, -0.2) is 24.5 Å². The number of anilines is 2. The van der Waals surface area contributed by atoms with Crippen molar-refractivity contribution in [3.63, 3.8) is 0 Å². The molecule has 0 amide bonds. The van der Waals surface area contributed by atoms with E-state index >= 15 is 0 Å². The molecule has 178 valence electrons. The van der Waals surface area contributed by atoms with Crippen molar-refractivity contribution in [2.24, 2.45) is 0 Å². The summed E-state index contributed by atoms with van der Waals surface area (Å²) >= 11 is 0. The zero-order valence-electron chi connectivity index (χ0n) is 19.9. The summed E-state index contributed by atoms with van der Waals surface area (Å²) in [6.07, 6.45) is 5.61. The summed E-state index contributed by atoms with van der Waals surface area (Å²) in [5.74, 6) is 0.912. The molecule has 4 N–H and O–H groups in total. The SMILES string of the molecule is CCc1cc2cccc(-c3cnc(C)nc3)c2c(=O)n1-c1ccccc1.N#Cc1cnc(N)nc1N. The van der Waals surface area contributed by atoms with E-state index in [1.54, 1.807) is 17.0 Å². The van der Waals surface area contributed by atoms with Crippen molar-refractivity contribution in [3.8, 4) is 22.9 Å². The lowest BCUT2D eigenvalue weighted by atomic mass is 10.0. The van der Waals surface area contributed by atoms with Gasteiger partial charge in [0.05, 0.1) is 11.6 Å². The van der Waals surface area contributed by atoms with Gasteiger partial charge in [0, 0.05) is 29.3 Å². The van der Waals surface area contributed by atoms with Crippen LogP contribution in [0.3, 0.4) is 0 Å². The van der Waals surface area contributed by atoms with Gasteiger partial charge in [-0.05, 0) is 42.5 Å². The minimum absolute atomic E-state index is 0.0123. The first-order valence-corrected chi connectivity index (χ1v) is 11.2. The van der Waals surface area contributed by atoms with Crippen molar-refractivity contribution in [1.29, 1.82) is 5.26 Å². The number of nitrogens with zero attached hydrogens (tertiary/aromatic N) is 6. The predicted octanol–water partition coefficient (Wildman–Crippen LogP) is 3.83. The summed E-state index contributed by atoms with van der Waals surface area (Å²) in [6, 6.07) is 19.6. The van der Waals surface area contributed by atoms with Gasteiger partial charge in [-0.2, -0.15) is 10.2 Å². The fourth-order valence-corrected chi connectivity index (χ4v) is 3.80. The van der Waals surface area contributed by atoms with E-state index in [-0.39, 0.29) is 22.9 Å². The molecule has 9 nitrogen and oxygen atoms in total. The molecule has 0 atom stereocenters. The van der Waals surface area contributed by atoms with E-state index in [0.717, 1.165) is 34.3 Å². The second kappa shape index (κ2) is 10.4. The summed E-state index contributed by atoms with van der Waals surface area (Å²) < 4.78 is 1.81. The topological polar surface area (TPSA) is 149 Å². The molecule has 36 heavy (non-hydrogen) atoms. The van der Waals surface area contributed by atoms with Crippen LogP contribution in [0.25, 0.3) is 27.6 Å². The zero-order chi connectivity index (χ0) is 25.7. The van der Waals surface area contributed by atoms with Gasteiger partial charge in [-0.3, -0.25) is 9.36 Å². The number of pyridine rings is 1. The molecule has 0 spiro atoms. The number of hydrogen-bond donors (Lipinski definition) is 2. The minimum Gasteiger partial charge on any atom is -0.382 e. The summed E-state index contributed by atoms with van der Waals surface area (Å²) in [5.41, 5.74) is 14.3. The van der Waals surface area contributed by atoms with E-state index in [4.69, 9.17) is 16.7 Å². The molecule has 3 heterocycles. The van der Waals surface area contributed by atoms with Crippen LogP contribution in [-0.2, 0) is 6.42 Å². The summed E-state index contributed by atoms with van der Waals surface area (Å²) in [4.78, 5) is 29.2. The fraction of sp³-hybridized carbons (Fsp3) is 0.111. The van der Waals surface area contributed by atoms with E-state index < -0.39 is 0 Å². The monoisotopic (exact) mass is 476 g/mol. The predicted molar refractivity (Wildman–Crippen MR) is 140 cm³/mol. The molecule has 2 aromatic carbocycles. The molecule has 0 fully saturated rings. The van der Waals surface area contributed by atoms with Crippen LogP contribution in [0.4, 0.5) is 11.8 Å². The maximum absolute atomic E-state index is 13.5. The van der Waals surface area contributed by atoms with Crippen LogP contribution in [0.15, 0.2) is 78.0 Å². The minimum atomic E-state index is -0.0123. The van der Waals surface area contributed by atoms with Crippen LogP contribution < -0.4 is 17.0 Å². The molecule has 9 heteroatoms. The van der Waals surface area contributed by atoms with Crippen molar-refractivity contribution >= 4 is 22.5 Å². The number of aryl methyl sites for hydroxylation is 2. The smallest absolute Gasteiger partial charge is 0.263 e. The number of hydrogen-bond acceptors (Lipinski definition) is 8. The number of fused-ring (bicyclic) bond motifs is 1. The van der Waals surface area contributed by atoms with Gasteiger partial charge < -0.3 is 11.5 Å². The van der Waals surface area contributed by atoms with Crippen LogP contribution in [0.5, 0.6) is 0 Å². The summed E-state index contributed by atoms with van der Waals surface area (Å²) in [7, 11) is 0. The number of nitrogens with two attached hydrogens (primary N) is 2. The molecule has 0 unspecified atom stereocenters. The first-order chi connectivity index (χ1) is 17.4. The third-order valence-electron chi connectivity index (χ3n) is 5.55. The van der Waals surface area contributed by atoms with Gasteiger partial charge in [-0.15, -0.1) is 0 Å². The van der Waals surface area contributed by atoms with Gasteiger partial charge in [0.1, 0.15) is 23.3 Å². The number of benzene rings is 2. The molecular formula is C27H24N8O. The molecule has 0 saturated carbocycles. The zero-order valence-corrected chi connectivity index (χ0v) is 19.9. The van der Waals surface area contributed by atoms with E-state index in [1.165, 1.54) is 6.20 Å². The maximum atomic E-state index is 13.5. The van der Waals surface area contributed by atoms with Gasteiger partial charge in [0.2, 0.25) is 5.95 Å². The molecule has 0 bridgehead atoms. The highest BCUT2D eigenvalue weighted by Gasteiger charge is 2.14. The molecule has 3 aromatic heterocycles. The highest BCUT2D eigenvalue weighted by molar-refractivity contribution is 5.96. The Labute approximate surface area is 207 Å². The Kier molecular flexibility index (Phi) is 6.97.